The molecule has 1 N–H and O–H groups in total. The molecule has 8 nitrogen and oxygen atoms in total. The van der Waals surface area contributed by atoms with E-state index in [-0.39, 0.29) is 29.7 Å². The number of aryl methyl sites for hydroxylation is 1. The summed E-state index contributed by atoms with van der Waals surface area (Å²) in [6.07, 6.45) is 9.29. The second-order valence-electron chi connectivity index (χ2n) is 8.62. The molecule has 2 fully saturated rings. The predicted octanol–water partition coefficient (Wildman–Crippen LogP) is 3.09. The number of thiophene rings is 1. The van der Waals surface area contributed by atoms with Gasteiger partial charge < -0.3 is 10.1 Å². The highest BCUT2D eigenvalue weighted by molar-refractivity contribution is 7.11. The Kier molecular flexibility index (Phi) is 7.02. The Labute approximate surface area is 186 Å². The molecule has 2 aromatic rings. The summed E-state index contributed by atoms with van der Waals surface area (Å²) in [4.78, 5) is 29.8. The first-order chi connectivity index (χ1) is 15.0. The molecule has 168 valence electrons. The largest absolute Gasteiger partial charge is 0.464 e. The van der Waals surface area contributed by atoms with Gasteiger partial charge in [0.2, 0.25) is 5.91 Å². The summed E-state index contributed by atoms with van der Waals surface area (Å²) in [5, 5.41) is 11.4. The summed E-state index contributed by atoms with van der Waals surface area (Å²) in [5.74, 6) is -0.395. The first-order valence-corrected chi connectivity index (χ1v) is 11.9. The molecule has 1 aliphatic heterocycles. The maximum absolute atomic E-state index is 13.3. The first kappa shape index (κ1) is 22.0. The van der Waals surface area contributed by atoms with Crippen LogP contribution in [0.15, 0.2) is 18.3 Å². The van der Waals surface area contributed by atoms with Crippen LogP contribution in [0.2, 0.25) is 0 Å². The third-order valence-electron chi connectivity index (χ3n) is 6.32. The van der Waals surface area contributed by atoms with E-state index in [1.807, 2.05) is 0 Å². The van der Waals surface area contributed by atoms with Gasteiger partial charge in [0.25, 0.3) is 0 Å². The normalized spacial score (nSPS) is 22.9. The van der Waals surface area contributed by atoms with E-state index in [9.17, 15) is 9.59 Å². The van der Waals surface area contributed by atoms with Gasteiger partial charge in [-0.25, -0.2) is 9.48 Å². The van der Waals surface area contributed by atoms with Crippen molar-refractivity contribution in [2.75, 3.05) is 13.7 Å². The van der Waals surface area contributed by atoms with Crippen LogP contribution in [-0.2, 0) is 16.1 Å². The molecule has 0 radical (unpaired) electrons. The van der Waals surface area contributed by atoms with Crippen molar-refractivity contribution >= 4 is 23.2 Å². The van der Waals surface area contributed by atoms with Gasteiger partial charge in [-0.15, -0.1) is 16.4 Å². The van der Waals surface area contributed by atoms with Gasteiger partial charge in [0.1, 0.15) is 0 Å². The zero-order valence-electron chi connectivity index (χ0n) is 18.2. The van der Waals surface area contributed by atoms with Crippen molar-refractivity contribution in [3.63, 3.8) is 0 Å². The second kappa shape index (κ2) is 9.91. The van der Waals surface area contributed by atoms with Crippen LogP contribution in [0.5, 0.6) is 0 Å². The second-order valence-corrected chi connectivity index (χ2v) is 9.99. The number of nitrogens with zero attached hydrogens (tertiary/aromatic N) is 4. The average molecular weight is 446 g/mol. The van der Waals surface area contributed by atoms with Gasteiger partial charge in [-0.2, -0.15) is 0 Å². The Morgan fingerprint density at radius 1 is 1.23 bits per heavy atom. The number of ether oxygens (including phenoxy) is 1. The monoisotopic (exact) mass is 445 g/mol. The molecule has 1 amide bonds. The van der Waals surface area contributed by atoms with Crippen molar-refractivity contribution in [2.24, 2.45) is 0 Å². The lowest BCUT2D eigenvalue weighted by atomic mass is 10.1. The Balaban J connectivity index is 1.49. The van der Waals surface area contributed by atoms with Crippen LogP contribution in [0.25, 0.3) is 0 Å². The van der Waals surface area contributed by atoms with Crippen LogP contribution in [0.3, 0.4) is 0 Å². The number of amides is 1. The lowest BCUT2D eigenvalue weighted by molar-refractivity contribution is -0.126. The smallest absolute Gasteiger partial charge is 0.360 e. The molecule has 2 aliphatic rings. The van der Waals surface area contributed by atoms with E-state index in [0.29, 0.717) is 13.0 Å². The van der Waals surface area contributed by atoms with Gasteiger partial charge in [0, 0.05) is 28.9 Å². The molecule has 2 aromatic heterocycles. The molecular weight excluding hydrogens is 414 g/mol. The maximum atomic E-state index is 13.3. The van der Waals surface area contributed by atoms with Crippen LogP contribution in [0.1, 0.15) is 71.2 Å². The number of nitrogens with one attached hydrogen (secondary N) is 1. The van der Waals surface area contributed by atoms with Crippen LogP contribution in [-0.4, -0.2) is 57.5 Å². The van der Waals surface area contributed by atoms with E-state index in [2.05, 4.69) is 39.6 Å². The fourth-order valence-corrected chi connectivity index (χ4v) is 5.58. The minimum Gasteiger partial charge on any atom is -0.464 e. The summed E-state index contributed by atoms with van der Waals surface area (Å²) in [6, 6.07) is 4.29. The van der Waals surface area contributed by atoms with E-state index in [0.717, 1.165) is 19.4 Å². The average Bonchev–Trinajstić information content (AvgIpc) is 3.45. The molecule has 31 heavy (non-hydrogen) atoms. The summed E-state index contributed by atoms with van der Waals surface area (Å²) >= 11 is 1.77. The van der Waals surface area contributed by atoms with E-state index in [1.165, 1.54) is 42.5 Å². The van der Waals surface area contributed by atoms with Gasteiger partial charge in [-0.05, 0) is 38.3 Å². The van der Waals surface area contributed by atoms with Crippen LogP contribution >= 0.6 is 11.3 Å². The molecule has 1 saturated heterocycles. The van der Waals surface area contributed by atoms with Crippen LogP contribution in [0, 0.1) is 6.92 Å². The van der Waals surface area contributed by atoms with Crippen molar-refractivity contribution < 1.29 is 14.3 Å². The molecular formula is C22H31N5O3S. The SMILES string of the molecule is COC(=O)c1cn([C@H]2C[C@@H](C(=O)NC3CCCCCC3)N(Cc3ccc(C)s3)C2)nn1. The molecule has 0 spiro atoms. The van der Waals surface area contributed by atoms with E-state index >= 15 is 0 Å². The van der Waals surface area contributed by atoms with E-state index in [1.54, 1.807) is 22.2 Å². The molecule has 0 aromatic carbocycles. The number of likely N-dealkylation sites (tertiary alicyclic amines) is 1. The van der Waals surface area contributed by atoms with Gasteiger partial charge in [-0.3, -0.25) is 9.69 Å². The highest BCUT2D eigenvalue weighted by Crippen LogP contribution is 2.30. The fraction of sp³-hybridized carbons (Fsp3) is 0.636. The van der Waals surface area contributed by atoms with Gasteiger partial charge in [0.05, 0.1) is 25.4 Å². The number of carbonyl (C=O) groups is 2. The summed E-state index contributed by atoms with van der Waals surface area (Å²) in [7, 11) is 1.33. The predicted molar refractivity (Wildman–Crippen MR) is 118 cm³/mol. The zero-order chi connectivity index (χ0) is 21.8. The van der Waals surface area contributed by atoms with Crippen LogP contribution < -0.4 is 5.32 Å². The van der Waals surface area contributed by atoms with Crippen molar-refractivity contribution in [2.45, 2.75) is 76.5 Å². The number of hydrogen-bond donors (Lipinski definition) is 1. The molecule has 9 heteroatoms. The Morgan fingerprint density at radius 2 is 2.00 bits per heavy atom. The number of rotatable bonds is 6. The molecule has 3 heterocycles. The Hall–Kier alpha value is -2.26. The molecule has 2 atom stereocenters. The fourth-order valence-electron chi connectivity index (χ4n) is 4.66. The number of hydrogen-bond acceptors (Lipinski definition) is 7. The molecule has 1 aliphatic carbocycles. The van der Waals surface area contributed by atoms with Crippen molar-refractivity contribution in [1.29, 1.82) is 0 Å². The van der Waals surface area contributed by atoms with Gasteiger partial charge in [-0.1, -0.05) is 30.9 Å². The first-order valence-electron chi connectivity index (χ1n) is 11.1. The van der Waals surface area contributed by atoms with Crippen molar-refractivity contribution in [3.8, 4) is 0 Å². The highest BCUT2D eigenvalue weighted by atomic mass is 32.1. The lowest BCUT2D eigenvalue weighted by Gasteiger charge is -2.25. The van der Waals surface area contributed by atoms with E-state index < -0.39 is 5.97 Å². The third kappa shape index (κ3) is 5.33. The lowest BCUT2D eigenvalue weighted by Crippen LogP contribution is -2.46. The van der Waals surface area contributed by atoms with Gasteiger partial charge in [0.15, 0.2) is 5.69 Å². The van der Waals surface area contributed by atoms with Crippen molar-refractivity contribution in [1.82, 2.24) is 25.2 Å². The van der Waals surface area contributed by atoms with Crippen LogP contribution in [0.4, 0.5) is 0 Å². The zero-order valence-corrected chi connectivity index (χ0v) is 19.1. The summed E-state index contributed by atoms with van der Waals surface area (Å²) in [6.45, 7) is 3.51. The number of esters is 1. The summed E-state index contributed by atoms with van der Waals surface area (Å²) < 4.78 is 6.45. The minimum atomic E-state index is -0.502. The molecule has 4 rings (SSSR count). The Morgan fingerprint density at radius 3 is 2.68 bits per heavy atom. The minimum absolute atomic E-state index is 0.0168. The molecule has 0 unspecified atom stereocenters. The third-order valence-corrected chi connectivity index (χ3v) is 7.30. The van der Waals surface area contributed by atoms with E-state index in [4.69, 9.17) is 4.74 Å². The number of carbonyl (C=O) groups excluding carboxylic acids is 2. The molecule has 1 saturated carbocycles. The quantitative estimate of drug-likeness (QED) is 0.543. The molecule has 0 bridgehead atoms. The standard InChI is InChI=1S/C22H31N5O3S/c1-15-9-10-18(31-15)13-26-12-17(27-14-19(24-25-27)22(29)30-2)11-20(26)21(28)23-16-7-5-3-4-6-8-16/h9-10,14,16-17,20H,3-8,11-13H2,1-2H3,(H,23,28)/t17-,20-/m0/s1. The number of aromatic nitrogens is 3. The van der Waals surface area contributed by atoms with Gasteiger partial charge >= 0.3 is 5.97 Å². The highest BCUT2D eigenvalue weighted by Gasteiger charge is 2.39. The topological polar surface area (TPSA) is 89.4 Å². The van der Waals surface area contributed by atoms with Crippen molar-refractivity contribution in [3.05, 3.63) is 33.8 Å². The summed E-state index contributed by atoms with van der Waals surface area (Å²) in [5.41, 5.74) is 0.189. The maximum Gasteiger partial charge on any atom is 0.360 e. The Bertz CT molecular complexity index is 903. The number of methoxy groups -OCH3 is 1.